The molecule has 40 heavy (non-hydrogen) atoms. The number of fused-ring (bicyclic) bond motifs is 1. The minimum absolute atomic E-state index is 0.0636. The van der Waals surface area contributed by atoms with Gasteiger partial charge in [0.2, 0.25) is 0 Å². The highest BCUT2D eigenvalue weighted by atomic mass is 19.1. The van der Waals surface area contributed by atoms with E-state index >= 15 is 0 Å². The molecule has 3 aromatic rings. The number of amides is 1. The fourth-order valence-corrected chi connectivity index (χ4v) is 5.92. The summed E-state index contributed by atoms with van der Waals surface area (Å²) < 4.78 is 16.2. The zero-order chi connectivity index (χ0) is 28.6. The predicted molar refractivity (Wildman–Crippen MR) is 151 cm³/mol. The van der Waals surface area contributed by atoms with E-state index in [9.17, 15) is 14.3 Å². The highest BCUT2D eigenvalue weighted by molar-refractivity contribution is 6.01. The molecule has 2 aliphatic carbocycles. The highest BCUT2D eigenvalue weighted by Crippen LogP contribution is 2.37. The third-order valence-corrected chi connectivity index (χ3v) is 8.67. The summed E-state index contributed by atoms with van der Waals surface area (Å²) in [5.41, 5.74) is 5.54. The van der Waals surface area contributed by atoms with Gasteiger partial charge in [0.15, 0.2) is 23.1 Å². The number of hydrogen-bond acceptors (Lipinski definition) is 6. The van der Waals surface area contributed by atoms with Crippen LogP contribution in [0.4, 0.5) is 15.0 Å². The van der Waals surface area contributed by atoms with E-state index in [0.29, 0.717) is 47.0 Å². The number of aromatic nitrogens is 4. The van der Waals surface area contributed by atoms with Crippen molar-refractivity contribution in [3.8, 4) is 0 Å². The van der Waals surface area contributed by atoms with E-state index in [-0.39, 0.29) is 23.3 Å². The van der Waals surface area contributed by atoms with Crippen molar-refractivity contribution in [2.75, 3.05) is 5.32 Å². The number of imidazole rings is 1. The zero-order valence-electron chi connectivity index (χ0n) is 23.3. The Morgan fingerprint density at radius 3 is 2.58 bits per heavy atom. The lowest BCUT2D eigenvalue weighted by Crippen LogP contribution is -2.32. The van der Waals surface area contributed by atoms with Gasteiger partial charge in [0.25, 0.3) is 0 Å². The summed E-state index contributed by atoms with van der Waals surface area (Å²) in [6, 6.07) is 5.95. The smallest absolute Gasteiger partial charge is 0.433 e. The molecule has 2 atom stereocenters. The highest BCUT2D eigenvalue weighted by Gasteiger charge is 2.36. The molecule has 1 unspecified atom stereocenters. The van der Waals surface area contributed by atoms with Crippen molar-refractivity contribution in [3.63, 3.8) is 0 Å². The molecule has 1 amide bonds. The van der Waals surface area contributed by atoms with Crippen molar-refractivity contribution in [1.29, 1.82) is 0 Å². The fourth-order valence-electron chi connectivity index (χ4n) is 5.92. The number of carbonyl (C=O) groups is 1. The maximum atomic E-state index is 14.3. The van der Waals surface area contributed by atoms with Crippen LogP contribution in [0.2, 0.25) is 0 Å². The lowest BCUT2D eigenvalue weighted by molar-refractivity contribution is 0.0862. The molecule has 2 aliphatic rings. The van der Waals surface area contributed by atoms with Gasteiger partial charge in [-0.3, -0.25) is 0 Å². The number of aliphatic hydroxyl groups is 1. The Bertz CT molecular complexity index is 1420. The van der Waals surface area contributed by atoms with Crippen LogP contribution in [0.5, 0.6) is 0 Å². The Labute approximate surface area is 233 Å². The number of nitrogens with two attached hydrogens (primary N) is 1. The molecule has 0 bridgehead atoms. The fraction of sp³-hybridized carbons (Fsp3) is 0.552. The molecule has 0 spiro atoms. The summed E-state index contributed by atoms with van der Waals surface area (Å²) in [7, 11) is 0. The molecule has 214 valence electrons. The lowest BCUT2D eigenvalue weighted by atomic mass is 9.80. The SMILES string of the molecule is CC1CCC(Cn2c(C(C)(O)c3cccc(F)c3)nc3nc(/C(N)=N/C(=O)O)nc(N[C@H](C)C4CCC4)c32)CC1. The summed E-state index contributed by atoms with van der Waals surface area (Å²) >= 11 is 0. The van der Waals surface area contributed by atoms with Crippen LogP contribution in [0, 0.1) is 23.6 Å². The summed E-state index contributed by atoms with van der Waals surface area (Å²) in [5, 5.41) is 24.6. The van der Waals surface area contributed by atoms with Crippen molar-refractivity contribution in [1.82, 2.24) is 19.5 Å². The van der Waals surface area contributed by atoms with Crippen LogP contribution in [0.3, 0.4) is 0 Å². The van der Waals surface area contributed by atoms with E-state index in [1.165, 1.54) is 18.6 Å². The molecule has 2 saturated carbocycles. The molecule has 0 saturated heterocycles. The van der Waals surface area contributed by atoms with Crippen molar-refractivity contribution in [3.05, 3.63) is 47.3 Å². The van der Waals surface area contributed by atoms with Crippen LogP contribution >= 0.6 is 0 Å². The second-order valence-electron chi connectivity index (χ2n) is 11.7. The van der Waals surface area contributed by atoms with Crippen LogP contribution in [-0.2, 0) is 12.1 Å². The number of nitrogens with zero attached hydrogens (tertiary/aromatic N) is 5. The number of aliphatic imine (C=N–C) groups is 1. The van der Waals surface area contributed by atoms with Gasteiger partial charge in [-0.1, -0.05) is 38.3 Å². The third-order valence-electron chi connectivity index (χ3n) is 8.67. The van der Waals surface area contributed by atoms with Gasteiger partial charge in [0.1, 0.15) is 22.8 Å². The van der Waals surface area contributed by atoms with Crippen LogP contribution < -0.4 is 11.1 Å². The first-order chi connectivity index (χ1) is 19.0. The average Bonchev–Trinajstić information content (AvgIpc) is 3.23. The minimum atomic E-state index is -1.65. The van der Waals surface area contributed by atoms with Gasteiger partial charge >= 0.3 is 6.09 Å². The molecule has 5 rings (SSSR count). The molecule has 2 fully saturated rings. The van der Waals surface area contributed by atoms with Crippen molar-refractivity contribution in [2.45, 2.75) is 83.9 Å². The monoisotopic (exact) mass is 551 g/mol. The Kier molecular flexibility index (Phi) is 7.76. The summed E-state index contributed by atoms with van der Waals surface area (Å²) in [6.07, 6.45) is 6.28. The topological polar surface area (TPSA) is 152 Å². The van der Waals surface area contributed by atoms with Gasteiger partial charge in [-0.2, -0.15) is 4.99 Å². The number of halogens is 1. The van der Waals surface area contributed by atoms with Gasteiger partial charge in [0.05, 0.1) is 0 Å². The molecule has 0 radical (unpaired) electrons. The van der Waals surface area contributed by atoms with Crippen molar-refractivity contribution < 1.29 is 19.4 Å². The lowest BCUT2D eigenvalue weighted by Gasteiger charge is -2.33. The molecule has 11 heteroatoms. The van der Waals surface area contributed by atoms with Gasteiger partial charge in [-0.05, 0) is 75.0 Å². The van der Waals surface area contributed by atoms with Crippen LogP contribution in [0.15, 0.2) is 29.3 Å². The summed E-state index contributed by atoms with van der Waals surface area (Å²) in [4.78, 5) is 28.6. The Hall–Kier alpha value is -3.60. The molecule has 5 N–H and O–H groups in total. The second-order valence-corrected chi connectivity index (χ2v) is 11.7. The largest absolute Gasteiger partial charge is 0.463 e. The Balaban J connectivity index is 1.70. The molecule has 2 heterocycles. The van der Waals surface area contributed by atoms with E-state index in [1.807, 2.05) is 4.57 Å². The van der Waals surface area contributed by atoms with E-state index in [2.05, 4.69) is 34.1 Å². The average molecular weight is 552 g/mol. The van der Waals surface area contributed by atoms with E-state index in [0.717, 1.165) is 38.5 Å². The molecular weight excluding hydrogens is 513 g/mol. The Morgan fingerprint density at radius 2 is 1.95 bits per heavy atom. The number of amidine groups is 1. The molecular formula is C29H38FN7O3. The zero-order valence-corrected chi connectivity index (χ0v) is 23.3. The van der Waals surface area contributed by atoms with Crippen molar-refractivity contribution in [2.24, 2.45) is 28.5 Å². The first-order valence-electron chi connectivity index (χ1n) is 14.1. The molecule has 10 nitrogen and oxygen atoms in total. The molecule has 1 aromatic carbocycles. The van der Waals surface area contributed by atoms with Gasteiger partial charge in [-0.15, -0.1) is 0 Å². The number of nitrogens with one attached hydrogen (secondary N) is 1. The Morgan fingerprint density at radius 1 is 1.23 bits per heavy atom. The minimum Gasteiger partial charge on any atom is -0.463 e. The number of rotatable bonds is 8. The summed E-state index contributed by atoms with van der Waals surface area (Å²) in [6.45, 7) is 6.55. The first kappa shape index (κ1) is 27.9. The number of benzene rings is 1. The summed E-state index contributed by atoms with van der Waals surface area (Å²) in [5.74, 6) is 1.41. The van der Waals surface area contributed by atoms with Gasteiger partial charge < -0.3 is 25.8 Å². The van der Waals surface area contributed by atoms with E-state index < -0.39 is 17.5 Å². The normalized spacial score (nSPS) is 22.5. The number of anilines is 1. The van der Waals surface area contributed by atoms with Crippen LogP contribution in [0.25, 0.3) is 11.2 Å². The maximum absolute atomic E-state index is 14.3. The first-order valence-corrected chi connectivity index (χ1v) is 14.1. The number of hydrogen-bond donors (Lipinski definition) is 4. The molecule has 2 aromatic heterocycles. The van der Waals surface area contributed by atoms with E-state index in [4.69, 9.17) is 15.8 Å². The second kappa shape index (κ2) is 11.1. The van der Waals surface area contributed by atoms with Gasteiger partial charge in [-0.25, -0.2) is 24.1 Å². The molecule has 0 aliphatic heterocycles. The van der Waals surface area contributed by atoms with E-state index in [1.54, 1.807) is 19.1 Å². The number of carboxylic acid groups (broad SMARTS) is 1. The van der Waals surface area contributed by atoms with Crippen LogP contribution in [0.1, 0.15) is 82.9 Å². The van der Waals surface area contributed by atoms with Crippen molar-refractivity contribution >= 4 is 28.9 Å². The maximum Gasteiger partial charge on any atom is 0.433 e. The quantitative estimate of drug-likeness (QED) is 0.225. The van der Waals surface area contributed by atoms with Gasteiger partial charge in [0, 0.05) is 12.6 Å². The third kappa shape index (κ3) is 5.65. The predicted octanol–water partition coefficient (Wildman–Crippen LogP) is 5.03. The standard InChI is InChI=1S/C29H38FN7O3/c1-16-10-12-18(13-11-16)15-37-22-24(32-17(2)19-6-4-7-19)34-26(23(31)33-28(38)39)35-25(22)36-27(37)29(3,40)20-8-5-9-21(30)14-20/h5,8-9,14,16-19,40H,4,6-7,10-13,15H2,1-3H3,(H2,31,33)(H,38,39)(H,32,34,35)/t16?,17-,18?,29?/m1/s1. The van der Waals surface area contributed by atoms with Crippen LogP contribution in [-0.4, -0.2) is 47.7 Å².